The maximum atomic E-state index is 12.3. The van der Waals surface area contributed by atoms with Crippen molar-refractivity contribution in [2.75, 3.05) is 0 Å². The van der Waals surface area contributed by atoms with Crippen LogP contribution in [0.1, 0.15) is 34.1 Å². The number of carboxylic acid groups (broad SMARTS) is 1. The number of benzene rings is 1. The van der Waals surface area contributed by atoms with Crippen LogP contribution in [0.25, 0.3) is 0 Å². The number of carboxylic acids is 1. The molecule has 1 aromatic carbocycles. The van der Waals surface area contributed by atoms with Crippen molar-refractivity contribution >= 4 is 11.9 Å². The topological polar surface area (TPSA) is 101 Å². The van der Waals surface area contributed by atoms with Gasteiger partial charge in [0.2, 0.25) is 0 Å². The Hall–Kier alpha value is -2.96. The summed E-state index contributed by atoms with van der Waals surface area (Å²) in [5, 5.41) is 15.6. The normalized spacial score (nSPS) is 11.7. The number of aromatic nitrogens is 2. The second kappa shape index (κ2) is 6.87. The van der Waals surface area contributed by atoms with Crippen LogP contribution in [0.4, 0.5) is 0 Å². The number of hydrogen-bond acceptors (Lipinski definition) is 4. The lowest BCUT2D eigenvalue weighted by Crippen LogP contribution is -2.33. The Kier molecular flexibility index (Phi) is 4.90. The van der Waals surface area contributed by atoms with Crippen LogP contribution in [0, 0.1) is 6.92 Å². The maximum absolute atomic E-state index is 12.3. The highest BCUT2D eigenvalue weighted by Crippen LogP contribution is 2.21. The van der Waals surface area contributed by atoms with Gasteiger partial charge < -0.3 is 10.4 Å². The first-order valence-corrected chi connectivity index (χ1v) is 7.01. The summed E-state index contributed by atoms with van der Waals surface area (Å²) in [6.45, 7) is 1.85. The molecular weight excluding hydrogens is 298 g/mol. The first-order chi connectivity index (χ1) is 10.9. The SMILES string of the molecule is Cc1ccccc1C(CC(=O)O)NC(=O)c1ccc(=O)n(C)n1. The van der Waals surface area contributed by atoms with Crippen LogP contribution in [-0.4, -0.2) is 26.8 Å². The van der Waals surface area contributed by atoms with E-state index in [1.807, 2.05) is 19.1 Å². The van der Waals surface area contributed by atoms with Crippen molar-refractivity contribution in [2.24, 2.45) is 7.05 Å². The van der Waals surface area contributed by atoms with Crippen molar-refractivity contribution in [3.63, 3.8) is 0 Å². The molecule has 2 rings (SSSR count). The molecule has 2 N–H and O–H groups in total. The molecule has 0 aliphatic heterocycles. The summed E-state index contributed by atoms with van der Waals surface area (Å²) >= 11 is 0. The Bertz CT molecular complexity index is 798. The molecule has 1 unspecified atom stereocenters. The third-order valence-electron chi connectivity index (χ3n) is 3.44. The Labute approximate surface area is 132 Å². The molecule has 0 saturated heterocycles. The third-order valence-corrected chi connectivity index (χ3v) is 3.44. The van der Waals surface area contributed by atoms with Crippen LogP contribution in [-0.2, 0) is 11.8 Å². The average molecular weight is 315 g/mol. The van der Waals surface area contributed by atoms with Gasteiger partial charge in [-0.1, -0.05) is 24.3 Å². The van der Waals surface area contributed by atoms with Crippen molar-refractivity contribution in [3.8, 4) is 0 Å². The molecule has 0 radical (unpaired) electrons. The highest BCUT2D eigenvalue weighted by Gasteiger charge is 2.21. The molecule has 7 nitrogen and oxygen atoms in total. The van der Waals surface area contributed by atoms with Crippen LogP contribution in [0.5, 0.6) is 0 Å². The summed E-state index contributed by atoms with van der Waals surface area (Å²) in [7, 11) is 1.44. The van der Waals surface area contributed by atoms with Gasteiger partial charge in [-0.15, -0.1) is 0 Å². The van der Waals surface area contributed by atoms with E-state index >= 15 is 0 Å². The Balaban J connectivity index is 2.28. The minimum atomic E-state index is -1.02. The van der Waals surface area contributed by atoms with Crippen molar-refractivity contribution in [3.05, 3.63) is 63.6 Å². The minimum Gasteiger partial charge on any atom is -0.481 e. The molecule has 120 valence electrons. The molecule has 1 aromatic heterocycles. The third kappa shape index (κ3) is 4.03. The Morgan fingerprint density at radius 1 is 1.26 bits per heavy atom. The molecule has 0 fully saturated rings. The summed E-state index contributed by atoms with van der Waals surface area (Å²) in [4.78, 5) is 34.7. The number of aliphatic carboxylic acids is 1. The highest BCUT2D eigenvalue weighted by molar-refractivity contribution is 5.92. The molecule has 0 saturated carbocycles. The van der Waals surface area contributed by atoms with Crippen molar-refractivity contribution in [1.29, 1.82) is 0 Å². The van der Waals surface area contributed by atoms with Gasteiger partial charge in [-0.05, 0) is 24.1 Å². The molecule has 0 aliphatic rings. The summed E-state index contributed by atoms with van der Waals surface area (Å²) in [5.41, 5.74) is 1.33. The summed E-state index contributed by atoms with van der Waals surface area (Å²) in [6, 6.07) is 9.12. The second-order valence-electron chi connectivity index (χ2n) is 5.16. The van der Waals surface area contributed by atoms with Crippen LogP contribution in [0.15, 0.2) is 41.2 Å². The van der Waals surface area contributed by atoms with Crippen LogP contribution in [0.3, 0.4) is 0 Å². The zero-order chi connectivity index (χ0) is 17.0. The predicted octanol–water partition coefficient (Wildman–Crippen LogP) is 1.03. The van der Waals surface area contributed by atoms with Gasteiger partial charge in [-0.2, -0.15) is 5.10 Å². The summed E-state index contributed by atoms with van der Waals surface area (Å²) in [6.07, 6.45) is -0.248. The fourth-order valence-electron chi connectivity index (χ4n) is 2.25. The molecule has 2 aromatic rings. The first kappa shape index (κ1) is 16.4. The van der Waals surface area contributed by atoms with E-state index in [2.05, 4.69) is 10.4 Å². The second-order valence-corrected chi connectivity index (χ2v) is 5.16. The molecule has 23 heavy (non-hydrogen) atoms. The molecular formula is C16H17N3O4. The predicted molar refractivity (Wildman–Crippen MR) is 83.1 cm³/mol. The number of rotatable bonds is 5. The van der Waals surface area contributed by atoms with Gasteiger partial charge in [0.15, 0.2) is 0 Å². The van der Waals surface area contributed by atoms with E-state index in [4.69, 9.17) is 5.11 Å². The van der Waals surface area contributed by atoms with Gasteiger partial charge in [0.25, 0.3) is 11.5 Å². The van der Waals surface area contributed by atoms with E-state index in [1.54, 1.807) is 12.1 Å². The average Bonchev–Trinajstić information content (AvgIpc) is 2.49. The van der Waals surface area contributed by atoms with Gasteiger partial charge in [0.05, 0.1) is 12.5 Å². The van der Waals surface area contributed by atoms with E-state index in [-0.39, 0.29) is 17.7 Å². The van der Waals surface area contributed by atoms with Crippen molar-refractivity contribution in [2.45, 2.75) is 19.4 Å². The number of hydrogen-bond donors (Lipinski definition) is 2. The molecule has 1 heterocycles. The number of carbonyl (C=O) groups excluding carboxylic acids is 1. The molecule has 7 heteroatoms. The minimum absolute atomic E-state index is 0.0519. The number of aryl methyl sites for hydroxylation is 2. The Morgan fingerprint density at radius 2 is 1.96 bits per heavy atom. The monoisotopic (exact) mass is 315 g/mol. The number of nitrogens with zero attached hydrogens (tertiary/aromatic N) is 2. The molecule has 1 atom stereocenters. The van der Waals surface area contributed by atoms with E-state index in [9.17, 15) is 14.4 Å². The molecule has 0 aliphatic carbocycles. The fourth-order valence-corrected chi connectivity index (χ4v) is 2.25. The standard InChI is InChI=1S/C16H17N3O4/c1-10-5-3-4-6-11(10)13(9-15(21)22)17-16(23)12-7-8-14(20)19(2)18-12/h3-8,13H,9H2,1-2H3,(H,17,23)(H,21,22). The quantitative estimate of drug-likeness (QED) is 0.858. The zero-order valence-electron chi connectivity index (χ0n) is 12.8. The summed E-state index contributed by atoms with van der Waals surface area (Å²) in [5.74, 6) is -1.55. The van der Waals surface area contributed by atoms with E-state index < -0.39 is 17.9 Å². The van der Waals surface area contributed by atoms with Gasteiger partial charge >= 0.3 is 5.97 Å². The summed E-state index contributed by atoms with van der Waals surface area (Å²) < 4.78 is 1.05. The fraction of sp³-hybridized carbons (Fsp3) is 0.250. The smallest absolute Gasteiger partial charge is 0.305 e. The van der Waals surface area contributed by atoms with Gasteiger partial charge in [-0.3, -0.25) is 14.4 Å². The largest absolute Gasteiger partial charge is 0.481 e. The highest BCUT2D eigenvalue weighted by atomic mass is 16.4. The lowest BCUT2D eigenvalue weighted by Gasteiger charge is -2.19. The molecule has 0 spiro atoms. The zero-order valence-corrected chi connectivity index (χ0v) is 12.8. The molecule has 1 amide bonds. The Morgan fingerprint density at radius 3 is 2.57 bits per heavy atom. The van der Waals surface area contributed by atoms with Gasteiger partial charge in [-0.25, -0.2) is 4.68 Å². The lowest BCUT2D eigenvalue weighted by molar-refractivity contribution is -0.137. The van der Waals surface area contributed by atoms with Gasteiger partial charge in [0, 0.05) is 13.1 Å². The van der Waals surface area contributed by atoms with Crippen LogP contribution in [0.2, 0.25) is 0 Å². The van der Waals surface area contributed by atoms with E-state index in [0.717, 1.165) is 15.8 Å². The molecule has 0 bridgehead atoms. The number of carbonyl (C=O) groups is 2. The van der Waals surface area contributed by atoms with Gasteiger partial charge in [0.1, 0.15) is 5.69 Å². The number of amides is 1. The van der Waals surface area contributed by atoms with E-state index in [1.165, 1.54) is 19.2 Å². The lowest BCUT2D eigenvalue weighted by atomic mass is 9.98. The van der Waals surface area contributed by atoms with E-state index in [0.29, 0.717) is 0 Å². The van der Waals surface area contributed by atoms with Crippen molar-refractivity contribution in [1.82, 2.24) is 15.1 Å². The first-order valence-electron chi connectivity index (χ1n) is 7.01. The van der Waals surface area contributed by atoms with Crippen LogP contribution >= 0.6 is 0 Å². The number of nitrogens with one attached hydrogen (secondary N) is 1. The van der Waals surface area contributed by atoms with Crippen molar-refractivity contribution < 1.29 is 14.7 Å². The van der Waals surface area contributed by atoms with Crippen LogP contribution < -0.4 is 10.9 Å². The maximum Gasteiger partial charge on any atom is 0.305 e.